The predicted molar refractivity (Wildman–Crippen MR) is 116 cm³/mol. The van der Waals surface area contributed by atoms with E-state index in [1.54, 1.807) is 13.3 Å². The molecule has 2 rings (SSSR count). The molecule has 1 aromatic heterocycles. The molecular weight excluding hydrogens is 366 g/mol. The van der Waals surface area contributed by atoms with Crippen molar-refractivity contribution in [3.8, 4) is 0 Å². The largest absolute Gasteiger partial charge is 0.468 e. The van der Waals surface area contributed by atoms with Gasteiger partial charge in [-0.05, 0) is 51.1 Å². The Bertz CT molecular complexity index is 794. The summed E-state index contributed by atoms with van der Waals surface area (Å²) in [5.41, 5.74) is 2.16. The molecule has 0 aliphatic rings. The van der Waals surface area contributed by atoms with Crippen LogP contribution in [0, 0.1) is 0 Å². The number of hydrogen-bond acceptors (Lipinski definition) is 4. The molecule has 2 aromatic rings. The van der Waals surface area contributed by atoms with Gasteiger partial charge in [0.05, 0.1) is 19.4 Å². The van der Waals surface area contributed by atoms with Crippen LogP contribution < -0.4 is 16.0 Å². The van der Waals surface area contributed by atoms with Gasteiger partial charge in [-0.3, -0.25) is 14.7 Å². The summed E-state index contributed by atoms with van der Waals surface area (Å²) in [6.07, 6.45) is 1.70. The fraction of sp³-hybridized carbons (Fsp3) is 0.455. The number of carbonyl (C=O) groups excluding carboxylic acids is 1. The number of aliphatic imine (C=N–C) groups is 1. The molecule has 158 valence electrons. The Kier molecular flexibility index (Phi) is 8.27. The highest BCUT2D eigenvalue weighted by molar-refractivity contribution is 5.86. The molecule has 1 amide bonds. The average molecular weight is 400 g/mol. The van der Waals surface area contributed by atoms with Crippen molar-refractivity contribution < 1.29 is 9.21 Å². The lowest BCUT2D eigenvalue weighted by molar-refractivity contribution is -0.121. The second kappa shape index (κ2) is 10.7. The van der Waals surface area contributed by atoms with E-state index in [4.69, 9.17) is 4.42 Å². The van der Waals surface area contributed by atoms with Crippen LogP contribution in [0.15, 0.2) is 52.1 Å². The number of nitrogens with zero attached hydrogens (tertiary/aromatic N) is 2. The van der Waals surface area contributed by atoms with Gasteiger partial charge in [-0.25, -0.2) is 0 Å². The molecule has 0 saturated heterocycles. The quantitative estimate of drug-likeness (QED) is 0.469. The molecule has 0 aliphatic carbocycles. The number of carbonyl (C=O) groups is 1. The molecule has 3 N–H and O–H groups in total. The van der Waals surface area contributed by atoms with Crippen LogP contribution in [0.25, 0.3) is 0 Å². The zero-order valence-electron chi connectivity index (χ0n) is 18.1. The van der Waals surface area contributed by atoms with Crippen LogP contribution in [0.2, 0.25) is 0 Å². The summed E-state index contributed by atoms with van der Waals surface area (Å²) in [6, 6.07) is 12.2. The maximum Gasteiger partial charge on any atom is 0.239 e. The van der Waals surface area contributed by atoms with E-state index in [9.17, 15) is 4.79 Å². The maximum atomic E-state index is 12.0. The SMILES string of the molecule is CN=C(NCC(=O)NC(C)(C)C)NCc1ccccc1CN(C)Cc1ccco1. The monoisotopic (exact) mass is 399 g/mol. The predicted octanol–water partition coefficient (Wildman–Crippen LogP) is 2.49. The summed E-state index contributed by atoms with van der Waals surface area (Å²) in [4.78, 5) is 18.4. The molecule has 0 unspecified atom stereocenters. The highest BCUT2D eigenvalue weighted by Crippen LogP contribution is 2.13. The molecule has 0 atom stereocenters. The second-order valence-electron chi connectivity index (χ2n) is 8.10. The Morgan fingerprint density at radius 3 is 2.41 bits per heavy atom. The third kappa shape index (κ3) is 8.39. The first kappa shape index (κ1) is 22.5. The molecule has 0 spiro atoms. The van der Waals surface area contributed by atoms with E-state index in [1.807, 2.05) is 45.0 Å². The molecule has 7 heteroatoms. The van der Waals surface area contributed by atoms with Gasteiger partial charge >= 0.3 is 0 Å². The van der Waals surface area contributed by atoms with Gasteiger partial charge in [0.25, 0.3) is 0 Å². The lowest BCUT2D eigenvalue weighted by Crippen LogP contribution is -2.48. The molecule has 1 heterocycles. The molecule has 0 aliphatic heterocycles. The van der Waals surface area contributed by atoms with Crippen LogP contribution in [0.5, 0.6) is 0 Å². The highest BCUT2D eigenvalue weighted by atomic mass is 16.3. The number of nitrogens with one attached hydrogen (secondary N) is 3. The van der Waals surface area contributed by atoms with Crippen LogP contribution in [0.3, 0.4) is 0 Å². The smallest absolute Gasteiger partial charge is 0.239 e. The van der Waals surface area contributed by atoms with E-state index < -0.39 is 0 Å². The van der Waals surface area contributed by atoms with Crippen molar-refractivity contribution in [2.45, 2.75) is 45.9 Å². The van der Waals surface area contributed by atoms with Crippen molar-refractivity contribution in [2.24, 2.45) is 4.99 Å². The second-order valence-corrected chi connectivity index (χ2v) is 8.10. The fourth-order valence-electron chi connectivity index (χ4n) is 2.93. The molecule has 0 saturated carbocycles. The zero-order valence-corrected chi connectivity index (χ0v) is 18.1. The molecule has 29 heavy (non-hydrogen) atoms. The first-order valence-electron chi connectivity index (χ1n) is 9.80. The molecule has 1 aromatic carbocycles. The van der Waals surface area contributed by atoms with Crippen molar-refractivity contribution in [1.29, 1.82) is 0 Å². The third-order valence-electron chi connectivity index (χ3n) is 4.17. The topological polar surface area (TPSA) is 81.9 Å². The fourth-order valence-corrected chi connectivity index (χ4v) is 2.93. The minimum absolute atomic E-state index is 0.0691. The number of amides is 1. The molecule has 7 nitrogen and oxygen atoms in total. The van der Waals surface area contributed by atoms with Gasteiger partial charge < -0.3 is 20.4 Å². The lowest BCUT2D eigenvalue weighted by Gasteiger charge is -2.21. The van der Waals surface area contributed by atoms with E-state index in [2.05, 4.69) is 45.0 Å². The number of hydrogen-bond donors (Lipinski definition) is 3. The summed E-state index contributed by atoms with van der Waals surface area (Å²) in [5, 5.41) is 9.26. The van der Waals surface area contributed by atoms with Crippen LogP contribution >= 0.6 is 0 Å². The Morgan fingerprint density at radius 1 is 1.07 bits per heavy atom. The van der Waals surface area contributed by atoms with Crippen LogP contribution in [-0.2, 0) is 24.4 Å². The van der Waals surface area contributed by atoms with Crippen molar-refractivity contribution >= 4 is 11.9 Å². The molecular formula is C22H33N5O2. The van der Waals surface area contributed by atoms with Gasteiger partial charge in [0.15, 0.2) is 5.96 Å². The summed E-state index contributed by atoms with van der Waals surface area (Å²) in [7, 11) is 3.76. The first-order valence-corrected chi connectivity index (χ1v) is 9.80. The molecule has 0 fully saturated rings. The van der Waals surface area contributed by atoms with E-state index in [1.165, 1.54) is 11.1 Å². The lowest BCUT2D eigenvalue weighted by atomic mass is 10.1. The van der Waals surface area contributed by atoms with Crippen LogP contribution in [0.1, 0.15) is 37.7 Å². The summed E-state index contributed by atoms with van der Waals surface area (Å²) < 4.78 is 5.43. The van der Waals surface area contributed by atoms with E-state index in [0.29, 0.717) is 12.5 Å². The Labute approximate surface area is 173 Å². The van der Waals surface area contributed by atoms with Gasteiger partial charge in [0.2, 0.25) is 5.91 Å². The van der Waals surface area contributed by atoms with Crippen molar-refractivity contribution in [2.75, 3.05) is 20.6 Å². The number of rotatable bonds is 8. The van der Waals surface area contributed by atoms with Crippen molar-refractivity contribution in [3.63, 3.8) is 0 Å². The highest BCUT2D eigenvalue weighted by Gasteiger charge is 2.14. The minimum Gasteiger partial charge on any atom is -0.468 e. The minimum atomic E-state index is -0.254. The summed E-state index contributed by atoms with van der Waals surface area (Å²) in [6.45, 7) is 8.21. The maximum absolute atomic E-state index is 12.0. The Hall–Kier alpha value is -2.80. The Balaban J connectivity index is 1.88. The molecule has 0 bridgehead atoms. The number of furan rings is 1. The van der Waals surface area contributed by atoms with Gasteiger partial charge in [-0.15, -0.1) is 0 Å². The average Bonchev–Trinajstić information content (AvgIpc) is 3.14. The summed E-state index contributed by atoms with van der Waals surface area (Å²) >= 11 is 0. The van der Waals surface area contributed by atoms with Gasteiger partial charge in [0.1, 0.15) is 5.76 Å². The van der Waals surface area contributed by atoms with Gasteiger partial charge in [-0.1, -0.05) is 24.3 Å². The molecule has 0 radical (unpaired) electrons. The Morgan fingerprint density at radius 2 is 1.79 bits per heavy atom. The van der Waals surface area contributed by atoms with E-state index >= 15 is 0 Å². The standard InChI is InChI=1S/C22H33N5O2/c1-22(2,3)26-20(28)14-25-21(23-4)24-13-17-9-6-7-10-18(17)15-27(5)16-19-11-8-12-29-19/h6-12H,13-16H2,1-5H3,(H,26,28)(H2,23,24,25). The van der Waals surface area contributed by atoms with E-state index in [-0.39, 0.29) is 18.0 Å². The van der Waals surface area contributed by atoms with Gasteiger partial charge in [0, 0.05) is 25.7 Å². The normalized spacial score (nSPS) is 12.1. The first-order chi connectivity index (χ1) is 13.8. The zero-order chi connectivity index (χ0) is 21.3. The number of benzene rings is 1. The van der Waals surface area contributed by atoms with E-state index in [0.717, 1.165) is 18.8 Å². The summed E-state index contributed by atoms with van der Waals surface area (Å²) in [5.74, 6) is 1.47. The van der Waals surface area contributed by atoms with Crippen LogP contribution in [-0.4, -0.2) is 42.9 Å². The third-order valence-corrected chi connectivity index (χ3v) is 4.17. The van der Waals surface area contributed by atoms with Crippen molar-refractivity contribution in [1.82, 2.24) is 20.9 Å². The van der Waals surface area contributed by atoms with Crippen LogP contribution in [0.4, 0.5) is 0 Å². The van der Waals surface area contributed by atoms with Gasteiger partial charge in [-0.2, -0.15) is 0 Å². The number of guanidine groups is 1. The van der Waals surface area contributed by atoms with Crippen molar-refractivity contribution in [3.05, 3.63) is 59.5 Å².